The summed E-state index contributed by atoms with van der Waals surface area (Å²) in [7, 11) is 0. The summed E-state index contributed by atoms with van der Waals surface area (Å²) in [5, 5.41) is 0. The zero-order valence-corrected chi connectivity index (χ0v) is 6.49. The van der Waals surface area contributed by atoms with E-state index >= 15 is 0 Å². The Balaban J connectivity index is 2.96. The van der Waals surface area contributed by atoms with Crippen molar-refractivity contribution in [2.45, 2.75) is 19.4 Å². The SMILES string of the molecule is CCSCC[C@H](N)C=O. The van der Waals surface area contributed by atoms with Gasteiger partial charge in [-0.3, -0.25) is 0 Å². The van der Waals surface area contributed by atoms with Gasteiger partial charge in [0.25, 0.3) is 0 Å². The van der Waals surface area contributed by atoms with E-state index in [1.807, 2.05) is 11.8 Å². The average molecular weight is 147 g/mol. The van der Waals surface area contributed by atoms with Gasteiger partial charge in [0, 0.05) is 0 Å². The Hall–Kier alpha value is -0.0200. The zero-order valence-electron chi connectivity index (χ0n) is 5.67. The normalized spacial score (nSPS) is 13.1. The van der Waals surface area contributed by atoms with Crippen LogP contribution in [0.3, 0.4) is 0 Å². The van der Waals surface area contributed by atoms with Crippen molar-refractivity contribution in [1.29, 1.82) is 0 Å². The van der Waals surface area contributed by atoms with Crippen molar-refractivity contribution in [3.63, 3.8) is 0 Å². The minimum absolute atomic E-state index is 0.246. The van der Waals surface area contributed by atoms with Crippen molar-refractivity contribution in [3.05, 3.63) is 0 Å². The highest BCUT2D eigenvalue weighted by atomic mass is 32.2. The Labute approximate surface area is 60.2 Å². The third-order valence-electron chi connectivity index (χ3n) is 0.974. The molecule has 0 aromatic heterocycles. The highest BCUT2D eigenvalue weighted by molar-refractivity contribution is 7.99. The molecule has 0 saturated carbocycles. The molecule has 0 spiro atoms. The molecule has 0 rings (SSSR count). The van der Waals surface area contributed by atoms with Gasteiger partial charge in [0.05, 0.1) is 6.04 Å². The van der Waals surface area contributed by atoms with E-state index in [4.69, 9.17) is 5.73 Å². The van der Waals surface area contributed by atoms with Gasteiger partial charge in [-0.15, -0.1) is 0 Å². The molecule has 0 aliphatic heterocycles. The fourth-order valence-corrected chi connectivity index (χ4v) is 1.16. The Morgan fingerprint density at radius 3 is 2.89 bits per heavy atom. The van der Waals surface area contributed by atoms with Gasteiger partial charge in [-0.2, -0.15) is 11.8 Å². The summed E-state index contributed by atoms with van der Waals surface area (Å²) in [4.78, 5) is 9.96. The molecule has 0 saturated heterocycles. The average Bonchev–Trinajstić information content (AvgIpc) is 1.89. The zero-order chi connectivity index (χ0) is 7.11. The van der Waals surface area contributed by atoms with Crippen LogP contribution in [0.5, 0.6) is 0 Å². The van der Waals surface area contributed by atoms with Crippen LogP contribution in [0, 0.1) is 0 Å². The van der Waals surface area contributed by atoms with Crippen molar-refractivity contribution in [2.24, 2.45) is 5.73 Å². The summed E-state index contributed by atoms with van der Waals surface area (Å²) in [6.07, 6.45) is 1.61. The monoisotopic (exact) mass is 147 g/mol. The predicted octanol–water partition coefficient (Wildman–Crippen LogP) is 0.656. The highest BCUT2D eigenvalue weighted by Gasteiger charge is 1.96. The van der Waals surface area contributed by atoms with E-state index in [9.17, 15) is 4.79 Å². The number of hydrogen-bond acceptors (Lipinski definition) is 3. The van der Waals surface area contributed by atoms with Crippen LogP contribution in [0.25, 0.3) is 0 Å². The number of aldehydes is 1. The fraction of sp³-hybridized carbons (Fsp3) is 0.833. The quantitative estimate of drug-likeness (QED) is 0.459. The first-order valence-electron chi connectivity index (χ1n) is 3.10. The fourth-order valence-electron chi connectivity index (χ4n) is 0.432. The summed E-state index contributed by atoms with van der Waals surface area (Å²) in [6.45, 7) is 2.09. The van der Waals surface area contributed by atoms with Crippen molar-refractivity contribution in [2.75, 3.05) is 11.5 Å². The maximum absolute atomic E-state index is 9.96. The molecular weight excluding hydrogens is 134 g/mol. The van der Waals surface area contributed by atoms with Crippen molar-refractivity contribution in [3.8, 4) is 0 Å². The third-order valence-corrected chi connectivity index (χ3v) is 1.91. The van der Waals surface area contributed by atoms with Gasteiger partial charge < -0.3 is 10.5 Å². The van der Waals surface area contributed by atoms with Crippen LogP contribution in [0.15, 0.2) is 0 Å². The van der Waals surface area contributed by atoms with Crippen molar-refractivity contribution in [1.82, 2.24) is 0 Å². The van der Waals surface area contributed by atoms with Crippen LogP contribution in [0.1, 0.15) is 13.3 Å². The van der Waals surface area contributed by atoms with Crippen molar-refractivity contribution < 1.29 is 4.79 Å². The molecule has 0 aliphatic rings. The van der Waals surface area contributed by atoms with E-state index in [1.54, 1.807) is 0 Å². The Kier molecular flexibility index (Phi) is 6.09. The maximum Gasteiger partial charge on any atom is 0.136 e. The molecule has 0 heterocycles. The molecule has 1 atom stereocenters. The molecule has 0 fully saturated rings. The lowest BCUT2D eigenvalue weighted by molar-refractivity contribution is -0.108. The smallest absolute Gasteiger partial charge is 0.136 e. The maximum atomic E-state index is 9.96. The lowest BCUT2D eigenvalue weighted by Crippen LogP contribution is -2.21. The molecule has 0 aromatic rings. The van der Waals surface area contributed by atoms with Gasteiger partial charge in [-0.05, 0) is 17.9 Å². The van der Waals surface area contributed by atoms with Gasteiger partial charge in [0.1, 0.15) is 6.29 Å². The molecule has 0 bridgehead atoms. The van der Waals surface area contributed by atoms with Crippen molar-refractivity contribution >= 4 is 18.0 Å². The Morgan fingerprint density at radius 2 is 2.44 bits per heavy atom. The topological polar surface area (TPSA) is 43.1 Å². The number of carbonyl (C=O) groups is 1. The number of rotatable bonds is 5. The molecule has 2 N–H and O–H groups in total. The second-order valence-electron chi connectivity index (χ2n) is 1.79. The Morgan fingerprint density at radius 1 is 1.78 bits per heavy atom. The minimum atomic E-state index is -0.246. The van der Waals surface area contributed by atoms with Gasteiger partial charge in [0.15, 0.2) is 0 Å². The van der Waals surface area contributed by atoms with E-state index < -0.39 is 0 Å². The molecule has 0 amide bonds. The second-order valence-corrected chi connectivity index (χ2v) is 3.18. The molecule has 0 aliphatic carbocycles. The Bertz CT molecular complexity index is 77.5. The lowest BCUT2D eigenvalue weighted by Gasteiger charge is -2.00. The highest BCUT2D eigenvalue weighted by Crippen LogP contribution is 2.01. The van der Waals surface area contributed by atoms with E-state index in [2.05, 4.69) is 6.92 Å². The van der Waals surface area contributed by atoms with E-state index in [0.717, 1.165) is 24.2 Å². The molecular formula is C6H13NOS. The number of carbonyl (C=O) groups excluding carboxylic acids is 1. The van der Waals surface area contributed by atoms with Crippen LogP contribution in [-0.4, -0.2) is 23.8 Å². The number of thioether (sulfide) groups is 1. The standard InChI is InChI=1S/C6H13NOS/c1-2-9-4-3-6(7)5-8/h5-6H,2-4,7H2,1H3/t6-/m0/s1. The van der Waals surface area contributed by atoms with Crippen LogP contribution in [-0.2, 0) is 4.79 Å². The minimum Gasteiger partial charge on any atom is -0.322 e. The summed E-state index contributed by atoms with van der Waals surface area (Å²) in [5.41, 5.74) is 5.33. The van der Waals surface area contributed by atoms with Gasteiger partial charge in [-0.1, -0.05) is 6.92 Å². The largest absolute Gasteiger partial charge is 0.322 e. The van der Waals surface area contributed by atoms with E-state index in [0.29, 0.717) is 0 Å². The van der Waals surface area contributed by atoms with Crippen LogP contribution >= 0.6 is 11.8 Å². The molecule has 9 heavy (non-hydrogen) atoms. The number of nitrogens with two attached hydrogens (primary N) is 1. The summed E-state index contributed by atoms with van der Waals surface area (Å²) >= 11 is 1.81. The molecule has 54 valence electrons. The summed E-state index contributed by atoms with van der Waals surface area (Å²) in [5.74, 6) is 2.10. The third kappa shape index (κ3) is 5.86. The molecule has 0 aromatic carbocycles. The predicted molar refractivity (Wildman–Crippen MR) is 41.7 cm³/mol. The van der Waals surface area contributed by atoms with Gasteiger partial charge >= 0.3 is 0 Å². The molecule has 2 nitrogen and oxygen atoms in total. The first kappa shape index (κ1) is 8.98. The molecule has 0 radical (unpaired) electrons. The first-order valence-corrected chi connectivity index (χ1v) is 4.25. The second kappa shape index (κ2) is 6.11. The summed E-state index contributed by atoms with van der Waals surface area (Å²) in [6, 6.07) is -0.246. The lowest BCUT2D eigenvalue weighted by atomic mass is 10.3. The van der Waals surface area contributed by atoms with Gasteiger partial charge in [0.2, 0.25) is 0 Å². The molecule has 3 heteroatoms. The van der Waals surface area contributed by atoms with Gasteiger partial charge in [-0.25, -0.2) is 0 Å². The first-order chi connectivity index (χ1) is 4.31. The summed E-state index contributed by atoms with van der Waals surface area (Å²) < 4.78 is 0. The molecule has 0 unspecified atom stereocenters. The van der Waals surface area contributed by atoms with Crippen LogP contribution < -0.4 is 5.73 Å². The number of hydrogen-bond donors (Lipinski definition) is 1. The van der Waals surface area contributed by atoms with Crippen LogP contribution in [0.2, 0.25) is 0 Å². The van der Waals surface area contributed by atoms with E-state index in [-0.39, 0.29) is 6.04 Å². The van der Waals surface area contributed by atoms with E-state index in [1.165, 1.54) is 0 Å². The van der Waals surface area contributed by atoms with Crippen LogP contribution in [0.4, 0.5) is 0 Å².